The van der Waals surface area contributed by atoms with Crippen LogP contribution in [-0.4, -0.2) is 64.8 Å². The quantitative estimate of drug-likeness (QED) is 0.704. The summed E-state index contributed by atoms with van der Waals surface area (Å²) in [5, 5.41) is 5.86. The summed E-state index contributed by atoms with van der Waals surface area (Å²) in [7, 11) is -3.64. The molecule has 0 radical (unpaired) electrons. The number of hydrogen-bond acceptors (Lipinski definition) is 7. The molecule has 1 N–H and O–H groups in total. The Balaban J connectivity index is 1.46. The molecule has 3 aromatic rings. The minimum absolute atomic E-state index is 0.0550. The van der Waals surface area contributed by atoms with E-state index in [4.69, 9.17) is 4.52 Å². The van der Waals surface area contributed by atoms with Crippen LogP contribution < -0.4 is 0 Å². The van der Waals surface area contributed by atoms with Crippen molar-refractivity contribution in [3.8, 4) is 10.6 Å². The van der Waals surface area contributed by atoms with Gasteiger partial charge in [-0.25, -0.2) is 13.4 Å². The summed E-state index contributed by atoms with van der Waals surface area (Å²) < 4.78 is 31.9. The Morgan fingerprint density at radius 1 is 1.26 bits per heavy atom. The number of hydrogen-bond donors (Lipinski definition) is 1. The number of H-pyrrole nitrogens is 1. The number of sulfonamides is 1. The molecule has 0 unspecified atom stereocenters. The van der Waals surface area contributed by atoms with Crippen molar-refractivity contribution in [3.05, 3.63) is 41.8 Å². The maximum atomic E-state index is 12.7. The van der Waals surface area contributed by atoms with Gasteiger partial charge in [-0.1, -0.05) is 11.2 Å². The van der Waals surface area contributed by atoms with Gasteiger partial charge in [0.2, 0.25) is 0 Å². The van der Waals surface area contributed by atoms with Crippen molar-refractivity contribution < 1.29 is 17.7 Å². The highest BCUT2D eigenvalue weighted by Crippen LogP contribution is 2.25. The van der Waals surface area contributed by atoms with Gasteiger partial charge < -0.3 is 14.4 Å². The topological polar surface area (TPSA) is 112 Å². The lowest BCUT2D eigenvalue weighted by Crippen LogP contribution is -2.37. The van der Waals surface area contributed by atoms with Gasteiger partial charge in [-0.2, -0.15) is 4.31 Å². The third kappa shape index (κ3) is 3.53. The molecule has 4 rings (SSSR count). The molecule has 1 aliphatic heterocycles. The zero-order valence-electron chi connectivity index (χ0n) is 14.2. The fourth-order valence-corrected chi connectivity index (χ4v) is 4.97. The highest BCUT2D eigenvalue weighted by Gasteiger charge is 2.30. The minimum atomic E-state index is -3.64. The number of aromatic nitrogens is 3. The molecule has 142 valence electrons. The Morgan fingerprint density at radius 2 is 2.15 bits per heavy atom. The van der Waals surface area contributed by atoms with Gasteiger partial charge in [-0.05, 0) is 17.9 Å². The third-order valence-electron chi connectivity index (χ3n) is 4.33. The number of thiophene rings is 1. The lowest BCUT2D eigenvalue weighted by molar-refractivity contribution is 0.0754. The predicted octanol–water partition coefficient (Wildman–Crippen LogP) is 1.66. The van der Waals surface area contributed by atoms with Crippen LogP contribution in [0.25, 0.3) is 10.6 Å². The van der Waals surface area contributed by atoms with Crippen LogP contribution in [0.4, 0.5) is 0 Å². The van der Waals surface area contributed by atoms with Crippen molar-refractivity contribution in [2.24, 2.45) is 0 Å². The molecule has 9 nitrogen and oxygen atoms in total. The number of carbonyl (C=O) groups excluding carboxylic acids is 1. The molecule has 0 saturated carbocycles. The molecule has 0 bridgehead atoms. The van der Waals surface area contributed by atoms with Gasteiger partial charge in [0.25, 0.3) is 15.9 Å². The van der Waals surface area contributed by atoms with Gasteiger partial charge in [-0.15, -0.1) is 11.3 Å². The summed E-state index contributed by atoms with van der Waals surface area (Å²) in [6.45, 7) is 1.29. The molecular weight excluding hydrogens is 390 g/mol. The second-order valence-corrected chi connectivity index (χ2v) is 8.87. The molecule has 11 heteroatoms. The Bertz CT molecular complexity index is 1010. The number of imidazole rings is 1. The number of rotatable bonds is 4. The first kappa shape index (κ1) is 17.9. The van der Waals surface area contributed by atoms with Crippen molar-refractivity contribution in [3.63, 3.8) is 0 Å². The molecule has 4 heterocycles. The molecule has 0 spiro atoms. The zero-order valence-corrected chi connectivity index (χ0v) is 15.9. The van der Waals surface area contributed by atoms with E-state index in [1.54, 1.807) is 11.0 Å². The molecule has 1 amide bonds. The number of nitrogens with one attached hydrogen (secondary N) is 1. The van der Waals surface area contributed by atoms with Gasteiger partial charge in [0.1, 0.15) is 0 Å². The molecule has 1 aliphatic rings. The van der Waals surface area contributed by atoms with Crippen LogP contribution in [0, 0.1) is 0 Å². The molecular formula is C16H17N5O4S2. The van der Waals surface area contributed by atoms with Crippen LogP contribution in [0.2, 0.25) is 0 Å². The van der Waals surface area contributed by atoms with Crippen molar-refractivity contribution >= 4 is 27.3 Å². The summed E-state index contributed by atoms with van der Waals surface area (Å²) in [5.74, 6) is 0.286. The largest absolute Gasteiger partial charge is 0.355 e. The standard InChI is InChI=1S/C16H17N5O4S2/c22-16(12-9-13(25-19-12)14-3-1-8-26-14)20-4-2-5-21(7-6-20)27(23,24)15-10-17-11-18-15/h1,3,8-11H,2,4-7H2,(H,17,18). The van der Waals surface area contributed by atoms with Crippen LogP contribution in [0.1, 0.15) is 16.9 Å². The molecule has 27 heavy (non-hydrogen) atoms. The van der Waals surface area contributed by atoms with Crippen molar-refractivity contribution in [2.75, 3.05) is 26.2 Å². The normalized spacial score (nSPS) is 16.4. The molecule has 1 fully saturated rings. The van der Waals surface area contributed by atoms with E-state index in [0.717, 1.165) is 4.88 Å². The van der Waals surface area contributed by atoms with E-state index in [1.165, 1.54) is 28.2 Å². The Kier molecular flexibility index (Phi) is 4.81. The van der Waals surface area contributed by atoms with E-state index >= 15 is 0 Å². The van der Waals surface area contributed by atoms with E-state index in [0.29, 0.717) is 25.3 Å². The summed E-state index contributed by atoms with van der Waals surface area (Å²) >= 11 is 1.50. The molecule has 3 aromatic heterocycles. The second kappa shape index (κ2) is 7.25. The number of aromatic amines is 1. The minimum Gasteiger partial charge on any atom is -0.355 e. The first-order chi connectivity index (χ1) is 13.1. The molecule has 0 aromatic carbocycles. The van der Waals surface area contributed by atoms with E-state index < -0.39 is 10.0 Å². The van der Waals surface area contributed by atoms with Gasteiger partial charge in [0, 0.05) is 32.2 Å². The number of amides is 1. The maximum absolute atomic E-state index is 12.7. The maximum Gasteiger partial charge on any atom is 0.276 e. The van der Waals surface area contributed by atoms with E-state index in [1.807, 2.05) is 17.5 Å². The first-order valence-electron chi connectivity index (χ1n) is 8.34. The fourth-order valence-electron chi connectivity index (χ4n) is 2.93. The Labute approximate surface area is 159 Å². The summed E-state index contributed by atoms with van der Waals surface area (Å²) in [6.07, 6.45) is 3.15. The van der Waals surface area contributed by atoms with Crippen LogP contribution in [0.3, 0.4) is 0 Å². The van der Waals surface area contributed by atoms with Crippen LogP contribution in [0.5, 0.6) is 0 Å². The summed E-state index contributed by atoms with van der Waals surface area (Å²) in [4.78, 5) is 21.6. The van der Waals surface area contributed by atoms with Gasteiger partial charge in [0.15, 0.2) is 16.5 Å². The molecule has 1 saturated heterocycles. The van der Waals surface area contributed by atoms with Gasteiger partial charge in [0.05, 0.1) is 17.4 Å². The molecule has 0 atom stereocenters. The number of nitrogens with zero attached hydrogens (tertiary/aromatic N) is 4. The average Bonchev–Trinajstić information content (AvgIpc) is 3.40. The smallest absolute Gasteiger partial charge is 0.276 e. The number of carbonyl (C=O) groups is 1. The van der Waals surface area contributed by atoms with Gasteiger partial charge >= 0.3 is 0 Å². The lowest BCUT2D eigenvalue weighted by atomic mass is 10.3. The van der Waals surface area contributed by atoms with Gasteiger partial charge in [-0.3, -0.25) is 4.79 Å². The zero-order chi connectivity index (χ0) is 18.9. The monoisotopic (exact) mass is 407 g/mol. The fraction of sp³-hybridized carbons (Fsp3) is 0.312. The van der Waals surface area contributed by atoms with Crippen LogP contribution in [0.15, 0.2) is 45.7 Å². The summed E-state index contributed by atoms with van der Waals surface area (Å²) in [5.41, 5.74) is 0.225. The van der Waals surface area contributed by atoms with E-state index in [2.05, 4.69) is 15.1 Å². The lowest BCUT2D eigenvalue weighted by Gasteiger charge is -2.20. The second-order valence-electron chi connectivity index (χ2n) is 6.02. The Morgan fingerprint density at radius 3 is 2.89 bits per heavy atom. The summed E-state index contributed by atoms with van der Waals surface area (Å²) in [6, 6.07) is 5.41. The third-order valence-corrected chi connectivity index (χ3v) is 7.03. The van der Waals surface area contributed by atoms with E-state index in [-0.39, 0.29) is 29.7 Å². The first-order valence-corrected chi connectivity index (χ1v) is 10.7. The van der Waals surface area contributed by atoms with Crippen molar-refractivity contribution in [1.29, 1.82) is 0 Å². The van der Waals surface area contributed by atoms with Crippen molar-refractivity contribution in [2.45, 2.75) is 11.4 Å². The Hall–Kier alpha value is -2.50. The molecule has 0 aliphatic carbocycles. The highest BCUT2D eigenvalue weighted by atomic mass is 32.2. The highest BCUT2D eigenvalue weighted by molar-refractivity contribution is 7.89. The van der Waals surface area contributed by atoms with Crippen LogP contribution >= 0.6 is 11.3 Å². The SMILES string of the molecule is O=C(c1cc(-c2cccs2)on1)N1CCCN(S(=O)(=O)c2cnc[nH]2)CC1. The average molecular weight is 407 g/mol. The van der Waals surface area contributed by atoms with E-state index in [9.17, 15) is 13.2 Å². The predicted molar refractivity (Wildman–Crippen MR) is 97.7 cm³/mol. The van der Waals surface area contributed by atoms with Crippen molar-refractivity contribution in [1.82, 2.24) is 24.3 Å². The van der Waals surface area contributed by atoms with Crippen LogP contribution in [-0.2, 0) is 10.0 Å².